The minimum Gasteiger partial charge on any atom is -0.395 e. The Kier molecular flexibility index (Phi) is 6.68. The van der Waals surface area contributed by atoms with Crippen LogP contribution in [0, 0.1) is 5.92 Å². The van der Waals surface area contributed by atoms with Crippen molar-refractivity contribution in [2.75, 3.05) is 44.9 Å². The summed E-state index contributed by atoms with van der Waals surface area (Å²) >= 11 is 0. The third-order valence-electron chi connectivity index (χ3n) is 4.10. The molecule has 0 bridgehead atoms. The van der Waals surface area contributed by atoms with Gasteiger partial charge in [-0.15, -0.1) is 0 Å². The van der Waals surface area contributed by atoms with Crippen molar-refractivity contribution >= 4 is 11.6 Å². The first-order valence-corrected chi connectivity index (χ1v) is 7.98. The van der Waals surface area contributed by atoms with Crippen LogP contribution in [0.4, 0.5) is 5.69 Å². The normalized spacial score (nSPS) is 17.5. The molecule has 1 aliphatic heterocycles. The van der Waals surface area contributed by atoms with Gasteiger partial charge in [-0.1, -0.05) is 0 Å². The molecule has 0 aromatic heterocycles. The highest BCUT2D eigenvalue weighted by Crippen LogP contribution is 2.17. The molecule has 1 aliphatic rings. The van der Waals surface area contributed by atoms with Crippen molar-refractivity contribution < 1.29 is 14.6 Å². The maximum atomic E-state index is 12.1. The molecule has 0 radical (unpaired) electrons. The lowest BCUT2D eigenvalue weighted by Gasteiger charge is -2.18. The number of ether oxygens (including phenoxy) is 1. The van der Waals surface area contributed by atoms with Crippen molar-refractivity contribution in [2.24, 2.45) is 5.92 Å². The predicted molar refractivity (Wildman–Crippen MR) is 87.3 cm³/mol. The quantitative estimate of drug-likeness (QED) is 0.717. The van der Waals surface area contributed by atoms with Gasteiger partial charge < -0.3 is 20.1 Å². The largest absolute Gasteiger partial charge is 0.395 e. The molecule has 1 fully saturated rings. The Morgan fingerprint density at radius 2 is 2.18 bits per heavy atom. The van der Waals surface area contributed by atoms with Crippen LogP contribution in [0.5, 0.6) is 0 Å². The molecular weight excluding hydrogens is 280 g/mol. The molecular formula is C17H26N2O3. The van der Waals surface area contributed by atoms with E-state index in [0.717, 1.165) is 38.2 Å². The van der Waals surface area contributed by atoms with Crippen molar-refractivity contribution in [1.29, 1.82) is 0 Å². The fourth-order valence-electron chi connectivity index (χ4n) is 2.65. The lowest BCUT2D eigenvalue weighted by molar-refractivity contribution is 0.0952. The van der Waals surface area contributed by atoms with E-state index < -0.39 is 0 Å². The number of aliphatic hydroxyl groups is 1. The summed E-state index contributed by atoms with van der Waals surface area (Å²) in [4.78, 5) is 14.0. The number of amides is 1. The van der Waals surface area contributed by atoms with Gasteiger partial charge >= 0.3 is 0 Å². The second kappa shape index (κ2) is 8.76. The smallest absolute Gasteiger partial charge is 0.251 e. The minimum absolute atomic E-state index is 0.0287. The number of nitrogens with one attached hydrogen (secondary N) is 1. The molecule has 1 aromatic rings. The van der Waals surface area contributed by atoms with Crippen LogP contribution >= 0.6 is 0 Å². The van der Waals surface area contributed by atoms with Crippen molar-refractivity contribution in [3.8, 4) is 0 Å². The van der Waals surface area contributed by atoms with Crippen molar-refractivity contribution in [3.05, 3.63) is 29.8 Å². The number of hydrogen-bond donors (Lipinski definition) is 2. The Labute approximate surface area is 132 Å². The predicted octanol–water partition coefficient (Wildman–Crippen LogP) is 1.66. The summed E-state index contributed by atoms with van der Waals surface area (Å²) in [5, 5.41) is 11.9. The van der Waals surface area contributed by atoms with Crippen LogP contribution in [0.1, 0.15) is 29.6 Å². The fraction of sp³-hybridized carbons (Fsp3) is 0.588. The lowest BCUT2D eigenvalue weighted by Crippen LogP contribution is -2.25. The Morgan fingerprint density at radius 3 is 2.82 bits per heavy atom. The maximum absolute atomic E-state index is 12.1. The summed E-state index contributed by atoms with van der Waals surface area (Å²) < 4.78 is 5.35. The number of rotatable bonds is 8. The minimum atomic E-state index is -0.0287. The van der Waals surface area contributed by atoms with Crippen LogP contribution in [0.2, 0.25) is 0 Å². The van der Waals surface area contributed by atoms with Crippen LogP contribution < -0.4 is 10.2 Å². The maximum Gasteiger partial charge on any atom is 0.251 e. The number of anilines is 1. The van der Waals surface area contributed by atoms with Gasteiger partial charge in [-0.3, -0.25) is 4.79 Å². The lowest BCUT2D eigenvalue weighted by atomic mass is 10.0. The first kappa shape index (κ1) is 16.8. The summed E-state index contributed by atoms with van der Waals surface area (Å²) in [5.41, 5.74) is 1.66. The number of nitrogens with zero attached hydrogens (tertiary/aromatic N) is 1. The Bertz CT molecular complexity index is 455. The van der Waals surface area contributed by atoms with Gasteiger partial charge in [0.2, 0.25) is 0 Å². The van der Waals surface area contributed by atoms with E-state index in [1.165, 1.54) is 0 Å². The molecule has 5 nitrogen and oxygen atoms in total. The third-order valence-corrected chi connectivity index (χ3v) is 4.10. The van der Waals surface area contributed by atoms with Crippen LogP contribution in [0.15, 0.2) is 24.3 Å². The van der Waals surface area contributed by atoms with Crippen molar-refractivity contribution in [3.63, 3.8) is 0 Å². The molecule has 2 rings (SSSR count). The number of benzene rings is 1. The van der Waals surface area contributed by atoms with Gasteiger partial charge in [0.05, 0.1) is 6.61 Å². The SMILES string of the molecule is CN(CCO)c1ccc(C(=O)NCCC[C@H]2CCOC2)cc1. The highest BCUT2D eigenvalue weighted by molar-refractivity contribution is 5.94. The molecule has 1 heterocycles. The van der Waals surface area contributed by atoms with E-state index in [9.17, 15) is 4.79 Å². The van der Waals surface area contributed by atoms with Crippen LogP contribution in [-0.2, 0) is 4.74 Å². The molecule has 1 saturated heterocycles. The molecule has 0 saturated carbocycles. The van der Waals surface area contributed by atoms with Gasteiger partial charge in [0, 0.05) is 44.6 Å². The van der Waals surface area contributed by atoms with Gasteiger partial charge in [0.15, 0.2) is 0 Å². The molecule has 1 amide bonds. The van der Waals surface area contributed by atoms with Crippen LogP contribution in [0.3, 0.4) is 0 Å². The number of aliphatic hydroxyl groups excluding tert-OH is 1. The molecule has 5 heteroatoms. The molecule has 122 valence electrons. The van der Waals surface area contributed by atoms with Crippen LogP contribution in [0.25, 0.3) is 0 Å². The second-order valence-corrected chi connectivity index (χ2v) is 5.82. The van der Waals surface area contributed by atoms with Gasteiger partial charge in [-0.05, 0) is 49.4 Å². The second-order valence-electron chi connectivity index (χ2n) is 5.82. The Hall–Kier alpha value is -1.59. The molecule has 2 N–H and O–H groups in total. The molecule has 0 aliphatic carbocycles. The highest BCUT2D eigenvalue weighted by atomic mass is 16.5. The number of carbonyl (C=O) groups is 1. The van der Waals surface area contributed by atoms with E-state index in [0.29, 0.717) is 24.6 Å². The average Bonchev–Trinajstić information content (AvgIpc) is 3.05. The van der Waals surface area contributed by atoms with E-state index >= 15 is 0 Å². The summed E-state index contributed by atoms with van der Waals surface area (Å²) in [7, 11) is 1.91. The molecule has 22 heavy (non-hydrogen) atoms. The number of carbonyl (C=O) groups excluding carboxylic acids is 1. The van der Waals surface area contributed by atoms with Gasteiger partial charge in [0.25, 0.3) is 5.91 Å². The first-order chi connectivity index (χ1) is 10.7. The van der Waals surface area contributed by atoms with Crippen LogP contribution in [-0.4, -0.2) is 51.0 Å². The summed E-state index contributed by atoms with van der Waals surface area (Å²) in [5.74, 6) is 0.636. The monoisotopic (exact) mass is 306 g/mol. The summed E-state index contributed by atoms with van der Waals surface area (Å²) in [6.45, 7) is 3.16. The van der Waals surface area contributed by atoms with Gasteiger partial charge in [0.1, 0.15) is 0 Å². The van der Waals surface area contributed by atoms with E-state index in [4.69, 9.17) is 9.84 Å². The molecule has 0 unspecified atom stereocenters. The zero-order valence-electron chi connectivity index (χ0n) is 13.3. The zero-order chi connectivity index (χ0) is 15.8. The average molecular weight is 306 g/mol. The molecule has 1 aromatic carbocycles. The number of hydrogen-bond acceptors (Lipinski definition) is 4. The number of likely N-dealkylation sites (N-methyl/N-ethyl adjacent to an activating group) is 1. The third kappa shape index (κ3) is 5.00. The fourth-order valence-corrected chi connectivity index (χ4v) is 2.65. The summed E-state index contributed by atoms with van der Waals surface area (Å²) in [6.07, 6.45) is 3.26. The summed E-state index contributed by atoms with van der Waals surface area (Å²) in [6, 6.07) is 7.45. The van der Waals surface area contributed by atoms with Crippen molar-refractivity contribution in [2.45, 2.75) is 19.3 Å². The molecule has 1 atom stereocenters. The zero-order valence-corrected chi connectivity index (χ0v) is 13.3. The van der Waals surface area contributed by atoms with E-state index in [1.807, 2.05) is 36.2 Å². The Morgan fingerprint density at radius 1 is 1.41 bits per heavy atom. The standard InChI is InChI=1S/C17H26N2O3/c1-19(10-11-20)16-6-4-15(5-7-16)17(21)18-9-2-3-14-8-12-22-13-14/h4-7,14,20H,2-3,8-13H2,1H3,(H,18,21)/t14-/m0/s1. The van der Waals surface area contributed by atoms with Gasteiger partial charge in [-0.25, -0.2) is 0 Å². The van der Waals surface area contributed by atoms with E-state index in [2.05, 4.69) is 5.32 Å². The topological polar surface area (TPSA) is 61.8 Å². The van der Waals surface area contributed by atoms with Gasteiger partial charge in [-0.2, -0.15) is 0 Å². The van der Waals surface area contributed by atoms with E-state index in [-0.39, 0.29) is 12.5 Å². The highest BCUT2D eigenvalue weighted by Gasteiger charge is 2.15. The molecule has 0 spiro atoms. The van der Waals surface area contributed by atoms with Crippen molar-refractivity contribution in [1.82, 2.24) is 5.32 Å². The first-order valence-electron chi connectivity index (χ1n) is 7.98. The van der Waals surface area contributed by atoms with E-state index in [1.54, 1.807) is 0 Å². The Balaban J connectivity index is 1.72.